The highest BCUT2D eigenvalue weighted by molar-refractivity contribution is 7.89. The summed E-state index contributed by atoms with van der Waals surface area (Å²) in [5.74, 6) is 0.182. The number of hydrogen-bond donors (Lipinski definition) is 1. The van der Waals surface area contributed by atoms with E-state index in [1.165, 1.54) is 0 Å². The molecule has 1 aliphatic rings. The van der Waals surface area contributed by atoms with Gasteiger partial charge in [0, 0.05) is 26.3 Å². The number of ether oxygens (including phenoxy) is 1. The number of nitrogens with two attached hydrogens (primary N) is 1. The molecule has 0 spiro atoms. The fourth-order valence-corrected chi connectivity index (χ4v) is 4.11. The Morgan fingerprint density at radius 2 is 2.11 bits per heavy atom. The average molecular weight is 301 g/mol. The standard InChI is InChI=1S/C11H24N2O3S.ClH/c1-16-9-4-10-17(14,15)13-8-3-2-5-11(13)6-7-12;/h11H,2-10,12H2,1H3;1H. The van der Waals surface area contributed by atoms with Gasteiger partial charge in [-0.2, -0.15) is 4.31 Å². The molecule has 1 unspecified atom stereocenters. The molecule has 1 rings (SSSR count). The number of nitrogens with zero attached hydrogens (tertiary/aromatic N) is 1. The Bertz CT molecular complexity index is 309. The third-order valence-electron chi connectivity index (χ3n) is 3.18. The number of rotatable bonds is 7. The van der Waals surface area contributed by atoms with Crippen LogP contribution in [0.4, 0.5) is 0 Å². The molecule has 5 nitrogen and oxygen atoms in total. The second-order valence-electron chi connectivity index (χ2n) is 4.50. The van der Waals surface area contributed by atoms with E-state index in [1.54, 1.807) is 11.4 Å². The largest absolute Gasteiger partial charge is 0.385 e. The van der Waals surface area contributed by atoms with Crippen LogP contribution in [0.1, 0.15) is 32.1 Å². The summed E-state index contributed by atoms with van der Waals surface area (Å²) >= 11 is 0. The summed E-state index contributed by atoms with van der Waals surface area (Å²) in [4.78, 5) is 0. The molecule has 1 atom stereocenters. The zero-order valence-corrected chi connectivity index (χ0v) is 12.6. The van der Waals surface area contributed by atoms with Crippen LogP contribution in [0.15, 0.2) is 0 Å². The van der Waals surface area contributed by atoms with Gasteiger partial charge in [-0.1, -0.05) is 6.42 Å². The van der Waals surface area contributed by atoms with E-state index in [9.17, 15) is 8.42 Å². The van der Waals surface area contributed by atoms with Crippen molar-refractivity contribution < 1.29 is 13.2 Å². The molecule has 0 saturated carbocycles. The molecule has 7 heteroatoms. The van der Waals surface area contributed by atoms with Crippen molar-refractivity contribution in [2.45, 2.75) is 38.1 Å². The van der Waals surface area contributed by atoms with Gasteiger partial charge >= 0.3 is 0 Å². The summed E-state index contributed by atoms with van der Waals surface area (Å²) in [7, 11) is -1.54. The van der Waals surface area contributed by atoms with Crippen LogP contribution in [0.3, 0.4) is 0 Å². The summed E-state index contributed by atoms with van der Waals surface area (Å²) < 4.78 is 30.9. The zero-order chi connectivity index (χ0) is 12.7. The second kappa shape index (κ2) is 9.09. The van der Waals surface area contributed by atoms with Crippen LogP contribution >= 0.6 is 12.4 Å². The van der Waals surface area contributed by atoms with Crippen LogP contribution in [0.25, 0.3) is 0 Å². The molecule has 0 aromatic carbocycles. The van der Waals surface area contributed by atoms with Gasteiger partial charge in [0.15, 0.2) is 0 Å². The number of hydrogen-bond acceptors (Lipinski definition) is 4. The van der Waals surface area contributed by atoms with E-state index in [0.717, 1.165) is 25.7 Å². The van der Waals surface area contributed by atoms with Gasteiger partial charge in [0.1, 0.15) is 0 Å². The normalized spacial score (nSPS) is 21.6. The van der Waals surface area contributed by atoms with E-state index in [0.29, 0.717) is 26.1 Å². The number of halogens is 1. The zero-order valence-electron chi connectivity index (χ0n) is 11.0. The first-order chi connectivity index (χ1) is 8.11. The molecule has 18 heavy (non-hydrogen) atoms. The van der Waals surface area contributed by atoms with Gasteiger partial charge < -0.3 is 10.5 Å². The number of sulfonamides is 1. The second-order valence-corrected chi connectivity index (χ2v) is 6.54. The molecular weight excluding hydrogens is 276 g/mol. The van der Waals surface area contributed by atoms with Gasteiger partial charge in [0.05, 0.1) is 5.75 Å². The summed E-state index contributed by atoms with van der Waals surface area (Å²) in [5, 5.41) is 0. The monoisotopic (exact) mass is 300 g/mol. The highest BCUT2D eigenvalue weighted by atomic mass is 35.5. The summed E-state index contributed by atoms with van der Waals surface area (Å²) in [6.45, 7) is 1.70. The Labute approximate surface area is 117 Å². The molecule has 0 radical (unpaired) electrons. The van der Waals surface area contributed by atoms with E-state index in [1.807, 2.05) is 0 Å². The molecule has 0 aliphatic carbocycles. The van der Waals surface area contributed by atoms with Crippen molar-refractivity contribution in [1.29, 1.82) is 0 Å². The maximum atomic E-state index is 12.2. The lowest BCUT2D eigenvalue weighted by Gasteiger charge is -2.34. The first-order valence-corrected chi connectivity index (χ1v) is 7.91. The molecule has 0 aromatic rings. The predicted molar refractivity (Wildman–Crippen MR) is 75.5 cm³/mol. The first kappa shape index (κ1) is 18.1. The SMILES string of the molecule is COCCCS(=O)(=O)N1CCCCC1CCN.Cl. The average Bonchev–Trinajstić information content (AvgIpc) is 2.30. The predicted octanol–water partition coefficient (Wildman–Crippen LogP) is 0.978. The Morgan fingerprint density at radius 1 is 1.39 bits per heavy atom. The van der Waals surface area contributed by atoms with E-state index < -0.39 is 10.0 Å². The molecule has 1 fully saturated rings. The maximum Gasteiger partial charge on any atom is 0.214 e. The van der Waals surface area contributed by atoms with Crippen molar-refractivity contribution in [3.8, 4) is 0 Å². The molecule has 1 saturated heterocycles. The Balaban J connectivity index is 0.00000289. The van der Waals surface area contributed by atoms with Crippen molar-refractivity contribution in [1.82, 2.24) is 4.31 Å². The highest BCUT2D eigenvalue weighted by Gasteiger charge is 2.31. The van der Waals surface area contributed by atoms with Crippen LogP contribution < -0.4 is 5.73 Å². The molecular formula is C11H25ClN2O3S. The van der Waals surface area contributed by atoms with Crippen LogP contribution in [-0.4, -0.2) is 51.3 Å². The lowest BCUT2D eigenvalue weighted by atomic mass is 10.0. The Kier molecular flexibility index (Phi) is 9.15. The van der Waals surface area contributed by atoms with Gasteiger partial charge in [-0.05, 0) is 32.2 Å². The first-order valence-electron chi connectivity index (χ1n) is 6.30. The minimum atomic E-state index is -3.13. The minimum Gasteiger partial charge on any atom is -0.385 e. The molecule has 1 aliphatic heterocycles. The lowest BCUT2D eigenvalue weighted by Crippen LogP contribution is -2.45. The van der Waals surface area contributed by atoms with Crippen molar-refractivity contribution in [3.05, 3.63) is 0 Å². The molecule has 1 heterocycles. The lowest BCUT2D eigenvalue weighted by molar-refractivity contribution is 0.197. The summed E-state index contributed by atoms with van der Waals surface area (Å²) in [6, 6.07) is 0.112. The fourth-order valence-electron chi connectivity index (χ4n) is 2.32. The van der Waals surface area contributed by atoms with Crippen molar-refractivity contribution in [2.75, 3.05) is 32.6 Å². The van der Waals surface area contributed by atoms with Crippen molar-refractivity contribution in [2.24, 2.45) is 5.73 Å². The molecule has 0 bridgehead atoms. The molecule has 0 aromatic heterocycles. The summed E-state index contributed by atoms with van der Waals surface area (Å²) in [5.41, 5.74) is 5.55. The number of piperidine rings is 1. The fraction of sp³-hybridized carbons (Fsp3) is 1.00. The van der Waals surface area contributed by atoms with E-state index in [4.69, 9.17) is 10.5 Å². The maximum absolute atomic E-state index is 12.2. The molecule has 110 valence electrons. The minimum absolute atomic E-state index is 0. The Morgan fingerprint density at radius 3 is 2.72 bits per heavy atom. The van der Waals surface area contributed by atoms with Gasteiger partial charge in [-0.15, -0.1) is 12.4 Å². The van der Waals surface area contributed by atoms with Crippen molar-refractivity contribution in [3.63, 3.8) is 0 Å². The van der Waals surface area contributed by atoms with Gasteiger partial charge in [0.25, 0.3) is 0 Å². The smallest absolute Gasteiger partial charge is 0.214 e. The quantitative estimate of drug-likeness (QED) is 0.711. The van der Waals surface area contributed by atoms with E-state index in [-0.39, 0.29) is 24.2 Å². The highest BCUT2D eigenvalue weighted by Crippen LogP contribution is 2.23. The molecule has 0 amide bonds. The van der Waals surface area contributed by atoms with Crippen LogP contribution in [0, 0.1) is 0 Å². The van der Waals surface area contributed by atoms with Crippen molar-refractivity contribution >= 4 is 22.4 Å². The molecule has 2 N–H and O–H groups in total. The Hall–Kier alpha value is 0.120. The third-order valence-corrected chi connectivity index (χ3v) is 5.18. The summed E-state index contributed by atoms with van der Waals surface area (Å²) in [6.07, 6.45) is 4.34. The van der Waals surface area contributed by atoms with Crippen LogP contribution in [0.5, 0.6) is 0 Å². The van der Waals surface area contributed by atoms with Crippen LogP contribution in [-0.2, 0) is 14.8 Å². The topological polar surface area (TPSA) is 72.6 Å². The number of methoxy groups -OCH3 is 1. The van der Waals surface area contributed by atoms with E-state index in [2.05, 4.69) is 0 Å². The third kappa shape index (κ3) is 5.40. The van der Waals surface area contributed by atoms with E-state index >= 15 is 0 Å². The van der Waals surface area contributed by atoms with Gasteiger partial charge in [-0.25, -0.2) is 8.42 Å². The van der Waals surface area contributed by atoms with Gasteiger partial charge in [-0.3, -0.25) is 0 Å². The van der Waals surface area contributed by atoms with Crippen LogP contribution in [0.2, 0.25) is 0 Å². The van der Waals surface area contributed by atoms with Gasteiger partial charge in [0.2, 0.25) is 10.0 Å².